The normalized spacial score (nSPS) is 10.2. The maximum Gasteiger partial charge on any atom is 0.309 e. The lowest BCUT2D eigenvalue weighted by Crippen LogP contribution is -2.31. The standard InChI is InChI=1S/C12H19N3O3S/c1-3-15(4-2)10(16)5-6-13-12-14-9(8-19-12)7-11(17)18/h8H,3-7H2,1-2H3,(H,13,14)(H,17,18). The van der Waals surface area contributed by atoms with E-state index in [0.717, 1.165) is 13.1 Å². The second-order valence-corrected chi connectivity index (χ2v) is 4.82. The molecule has 1 rings (SSSR count). The average molecular weight is 285 g/mol. The molecular weight excluding hydrogens is 266 g/mol. The number of nitrogens with one attached hydrogen (secondary N) is 1. The van der Waals surface area contributed by atoms with E-state index in [1.165, 1.54) is 11.3 Å². The second kappa shape index (κ2) is 7.73. The Morgan fingerprint density at radius 1 is 1.42 bits per heavy atom. The van der Waals surface area contributed by atoms with Gasteiger partial charge in [0.2, 0.25) is 5.91 Å². The summed E-state index contributed by atoms with van der Waals surface area (Å²) in [5.74, 6) is -0.784. The van der Waals surface area contributed by atoms with Crippen LogP contribution < -0.4 is 5.32 Å². The molecule has 1 amide bonds. The SMILES string of the molecule is CCN(CC)C(=O)CCNc1nc(CC(=O)O)cs1. The maximum atomic E-state index is 11.7. The molecule has 1 aromatic heterocycles. The zero-order valence-electron chi connectivity index (χ0n) is 11.2. The van der Waals surface area contributed by atoms with Gasteiger partial charge in [-0.25, -0.2) is 4.98 Å². The van der Waals surface area contributed by atoms with Crippen molar-refractivity contribution < 1.29 is 14.7 Å². The minimum absolute atomic E-state index is 0.0729. The van der Waals surface area contributed by atoms with Crippen LogP contribution in [0.4, 0.5) is 5.13 Å². The number of carboxylic acid groups (broad SMARTS) is 1. The Morgan fingerprint density at radius 3 is 2.68 bits per heavy atom. The van der Waals surface area contributed by atoms with Crippen LogP contribution in [0, 0.1) is 0 Å². The molecule has 2 N–H and O–H groups in total. The van der Waals surface area contributed by atoms with Crippen LogP contribution in [0.15, 0.2) is 5.38 Å². The highest BCUT2D eigenvalue weighted by Gasteiger charge is 2.10. The first-order chi connectivity index (χ1) is 9.06. The third-order valence-electron chi connectivity index (χ3n) is 2.62. The lowest BCUT2D eigenvalue weighted by atomic mass is 10.3. The Kier molecular flexibility index (Phi) is 6.27. The quantitative estimate of drug-likeness (QED) is 0.755. The molecule has 0 aliphatic carbocycles. The fourth-order valence-corrected chi connectivity index (χ4v) is 2.37. The number of carbonyl (C=O) groups is 2. The van der Waals surface area contributed by atoms with Crippen molar-refractivity contribution >= 4 is 28.3 Å². The van der Waals surface area contributed by atoms with Crippen LogP contribution in [0.25, 0.3) is 0 Å². The molecule has 0 saturated carbocycles. The molecule has 0 aromatic carbocycles. The van der Waals surface area contributed by atoms with Gasteiger partial charge in [-0.15, -0.1) is 11.3 Å². The number of nitrogens with zero attached hydrogens (tertiary/aromatic N) is 2. The number of aromatic nitrogens is 1. The van der Waals surface area contributed by atoms with E-state index in [-0.39, 0.29) is 12.3 Å². The molecule has 0 saturated heterocycles. The Labute approximate surface area is 116 Å². The van der Waals surface area contributed by atoms with Gasteiger partial charge in [0, 0.05) is 31.4 Å². The van der Waals surface area contributed by atoms with Crippen molar-refractivity contribution in [3.63, 3.8) is 0 Å². The Hall–Kier alpha value is -1.63. The molecule has 0 radical (unpaired) electrons. The van der Waals surface area contributed by atoms with E-state index in [4.69, 9.17) is 5.11 Å². The van der Waals surface area contributed by atoms with Gasteiger partial charge in [-0.2, -0.15) is 0 Å². The van der Waals surface area contributed by atoms with Gasteiger partial charge in [0.1, 0.15) is 0 Å². The summed E-state index contributed by atoms with van der Waals surface area (Å²) in [7, 11) is 0. The molecule has 0 spiro atoms. The van der Waals surface area contributed by atoms with Crippen LogP contribution >= 0.6 is 11.3 Å². The van der Waals surface area contributed by atoms with E-state index in [2.05, 4.69) is 10.3 Å². The molecule has 0 fully saturated rings. The van der Waals surface area contributed by atoms with Crippen LogP contribution in [-0.4, -0.2) is 46.5 Å². The molecule has 0 atom stereocenters. The molecule has 6 nitrogen and oxygen atoms in total. The van der Waals surface area contributed by atoms with E-state index >= 15 is 0 Å². The third-order valence-corrected chi connectivity index (χ3v) is 3.46. The molecule has 106 valence electrons. The number of amides is 1. The van der Waals surface area contributed by atoms with Crippen molar-refractivity contribution in [1.29, 1.82) is 0 Å². The summed E-state index contributed by atoms with van der Waals surface area (Å²) < 4.78 is 0. The van der Waals surface area contributed by atoms with Crippen LogP contribution in [0.1, 0.15) is 26.0 Å². The Morgan fingerprint density at radius 2 is 2.11 bits per heavy atom. The fraction of sp³-hybridized carbons (Fsp3) is 0.583. The van der Waals surface area contributed by atoms with Gasteiger partial charge < -0.3 is 15.3 Å². The van der Waals surface area contributed by atoms with Crippen molar-refractivity contribution in [2.75, 3.05) is 25.0 Å². The van der Waals surface area contributed by atoms with Gasteiger partial charge in [0.25, 0.3) is 0 Å². The highest BCUT2D eigenvalue weighted by molar-refractivity contribution is 7.13. The van der Waals surface area contributed by atoms with Crippen LogP contribution in [-0.2, 0) is 16.0 Å². The predicted octanol–water partition coefficient (Wildman–Crippen LogP) is 1.44. The van der Waals surface area contributed by atoms with E-state index in [9.17, 15) is 9.59 Å². The number of carbonyl (C=O) groups excluding carboxylic acids is 1. The minimum Gasteiger partial charge on any atom is -0.481 e. The third kappa shape index (κ3) is 5.25. The Bertz CT molecular complexity index is 430. The maximum absolute atomic E-state index is 11.7. The smallest absolute Gasteiger partial charge is 0.309 e. The fourth-order valence-electron chi connectivity index (χ4n) is 1.64. The van der Waals surface area contributed by atoms with Gasteiger partial charge in [0.15, 0.2) is 5.13 Å². The summed E-state index contributed by atoms with van der Waals surface area (Å²) in [5.41, 5.74) is 0.537. The number of hydrogen-bond acceptors (Lipinski definition) is 5. The van der Waals surface area contributed by atoms with Gasteiger partial charge >= 0.3 is 5.97 Å². The van der Waals surface area contributed by atoms with Crippen molar-refractivity contribution in [2.24, 2.45) is 0 Å². The van der Waals surface area contributed by atoms with E-state index < -0.39 is 5.97 Å². The second-order valence-electron chi connectivity index (χ2n) is 3.96. The van der Waals surface area contributed by atoms with E-state index in [1.807, 2.05) is 13.8 Å². The topological polar surface area (TPSA) is 82.5 Å². The molecule has 0 unspecified atom stereocenters. The highest BCUT2D eigenvalue weighted by atomic mass is 32.1. The lowest BCUT2D eigenvalue weighted by Gasteiger charge is -2.18. The number of anilines is 1. The zero-order valence-corrected chi connectivity index (χ0v) is 12.0. The van der Waals surface area contributed by atoms with Gasteiger partial charge in [-0.3, -0.25) is 9.59 Å². The summed E-state index contributed by atoms with van der Waals surface area (Å²) in [5, 5.41) is 14.0. The van der Waals surface area contributed by atoms with Crippen molar-refractivity contribution in [2.45, 2.75) is 26.7 Å². The molecule has 1 aromatic rings. The average Bonchev–Trinajstić information content (AvgIpc) is 2.77. The first kappa shape index (κ1) is 15.4. The minimum atomic E-state index is -0.895. The summed E-state index contributed by atoms with van der Waals surface area (Å²) in [6, 6.07) is 0. The van der Waals surface area contributed by atoms with E-state index in [1.54, 1.807) is 10.3 Å². The number of carboxylic acids is 1. The van der Waals surface area contributed by atoms with Crippen LogP contribution in [0.2, 0.25) is 0 Å². The molecule has 19 heavy (non-hydrogen) atoms. The van der Waals surface area contributed by atoms with Gasteiger partial charge in [-0.05, 0) is 13.8 Å². The van der Waals surface area contributed by atoms with Crippen LogP contribution in [0.3, 0.4) is 0 Å². The largest absolute Gasteiger partial charge is 0.481 e. The molecule has 0 bridgehead atoms. The molecule has 7 heteroatoms. The first-order valence-electron chi connectivity index (χ1n) is 6.24. The summed E-state index contributed by atoms with van der Waals surface area (Å²) in [6.45, 7) is 5.85. The zero-order chi connectivity index (χ0) is 14.3. The summed E-state index contributed by atoms with van der Waals surface area (Å²) in [6.07, 6.45) is 0.339. The van der Waals surface area contributed by atoms with Crippen LogP contribution in [0.5, 0.6) is 0 Å². The first-order valence-corrected chi connectivity index (χ1v) is 7.12. The Balaban J connectivity index is 2.35. The van der Waals surface area contributed by atoms with Gasteiger partial charge in [-0.1, -0.05) is 0 Å². The number of hydrogen-bond donors (Lipinski definition) is 2. The monoisotopic (exact) mass is 285 g/mol. The van der Waals surface area contributed by atoms with Crippen molar-refractivity contribution in [3.8, 4) is 0 Å². The summed E-state index contributed by atoms with van der Waals surface area (Å²) in [4.78, 5) is 28.2. The lowest BCUT2D eigenvalue weighted by molar-refractivity contribution is -0.136. The molecule has 0 aliphatic heterocycles. The number of rotatable bonds is 8. The predicted molar refractivity (Wildman–Crippen MR) is 74.5 cm³/mol. The van der Waals surface area contributed by atoms with Gasteiger partial charge in [0.05, 0.1) is 12.1 Å². The molecular formula is C12H19N3O3S. The highest BCUT2D eigenvalue weighted by Crippen LogP contribution is 2.15. The molecule has 0 aliphatic rings. The molecule has 1 heterocycles. The van der Waals surface area contributed by atoms with Crippen molar-refractivity contribution in [3.05, 3.63) is 11.1 Å². The summed E-state index contributed by atoms with van der Waals surface area (Å²) >= 11 is 1.35. The number of thiazole rings is 1. The van der Waals surface area contributed by atoms with E-state index in [0.29, 0.717) is 23.8 Å². The number of aliphatic carboxylic acids is 1. The van der Waals surface area contributed by atoms with Crippen molar-refractivity contribution in [1.82, 2.24) is 9.88 Å².